The highest BCUT2D eigenvalue weighted by Crippen LogP contribution is 2.26. The number of nitrogens with zero attached hydrogens (tertiary/aromatic N) is 3. The highest BCUT2D eigenvalue weighted by molar-refractivity contribution is 7.89. The van der Waals surface area contributed by atoms with Gasteiger partial charge in [-0.2, -0.15) is 4.31 Å². The number of aliphatic hydroxyl groups excluding tert-OH is 1. The molecule has 0 aliphatic rings. The summed E-state index contributed by atoms with van der Waals surface area (Å²) in [6.45, 7) is 1.75. The van der Waals surface area contributed by atoms with Crippen LogP contribution < -0.4 is 4.74 Å². The average Bonchev–Trinajstić information content (AvgIpc) is 2.89. The zero-order valence-corrected chi connectivity index (χ0v) is 21.1. The third-order valence-electron chi connectivity index (χ3n) is 5.95. The molecule has 0 saturated carbocycles. The lowest BCUT2D eigenvalue weighted by atomic mass is 10.1. The number of benzene rings is 3. The molecule has 0 fully saturated rings. The number of aliphatic hydroxyl groups is 1. The monoisotopic (exact) mass is 505 g/mol. The highest BCUT2D eigenvalue weighted by Gasteiger charge is 2.27. The van der Waals surface area contributed by atoms with Crippen LogP contribution in [0, 0.1) is 0 Å². The first kappa shape index (κ1) is 25.8. The van der Waals surface area contributed by atoms with Gasteiger partial charge in [-0.15, -0.1) is 0 Å². The van der Waals surface area contributed by atoms with Gasteiger partial charge in [-0.05, 0) is 42.4 Å². The molecule has 4 rings (SSSR count). The molecule has 0 amide bonds. The van der Waals surface area contributed by atoms with E-state index in [2.05, 4.69) is 9.88 Å². The number of aromatic nitrogens is 1. The third kappa shape index (κ3) is 6.27. The molecule has 0 aliphatic heterocycles. The van der Waals surface area contributed by atoms with Gasteiger partial charge in [0.15, 0.2) is 0 Å². The van der Waals surface area contributed by atoms with Gasteiger partial charge >= 0.3 is 0 Å². The van der Waals surface area contributed by atoms with Gasteiger partial charge in [-0.3, -0.25) is 9.88 Å². The van der Waals surface area contributed by atoms with E-state index in [-0.39, 0.29) is 24.6 Å². The fraction of sp³-hybridized carbons (Fsp3) is 0.250. The molecule has 0 radical (unpaired) electrons. The van der Waals surface area contributed by atoms with Crippen LogP contribution in [0.15, 0.2) is 96.0 Å². The predicted molar refractivity (Wildman–Crippen MR) is 141 cm³/mol. The van der Waals surface area contributed by atoms with Crippen molar-refractivity contribution in [2.24, 2.45) is 0 Å². The Morgan fingerprint density at radius 2 is 1.53 bits per heavy atom. The fourth-order valence-corrected chi connectivity index (χ4v) is 5.66. The van der Waals surface area contributed by atoms with Gasteiger partial charge in [0.05, 0.1) is 12.1 Å². The smallest absolute Gasteiger partial charge is 0.245 e. The van der Waals surface area contributed by atoms with Crippen LogP contribution in [0.25, 0.3) is 10.9 Å². The van der Waals surface area contributed by atoms with Crippen molar-refractivity contribution in [2.45, 2.75) is 18.0 Å². The van der Waals surface area contributed by atoms with Crippen LogP contribution in [-0.2, 0) is 23.1 Å². The first-order valence-electron chi connectivity index (χ1n) is 11.9. The van der Waals surface area contributed by atoms with Gasteiger partial charge in [0.25, 0.3) is 0 Å². The number of ether oxygens (including phenoxy) is 1. The van der Waals surface area contributed by atoms with Crippen LogP contribution in [0.1, 0.15) is 11.1 Å². The molecule has 36 heavy (non-hydrogen) atoms. The van der Waals surface area contributed by atoms with Gasteiger partial charge in [-0.25, -0.2) is 8.42 Å². The predicted octanol–water partition coefficient (Wildman–Crippen LogP) is 3.93. The molecular formula is C28H31N3O4S. The molecule has 0 unspecified atom stereocenters. The number of hydrogen-bond acceptors (Lipinski definition) is 6. The van der Waals surface area contributed by atoms with Crippen LogP contribution in [0.4, 0.5) is 0 Å². The average molecular weight is 506 g/mol. The van der Waals surface area contributed by atoms with Crippen molar-refractivity contribution < 1.29 is 18.3 Å². The van der Waals surface area contributed by atoms with Crippen molar-refractivity contribution in [1.29, 1.82) is 0 Å². The SMILES string of the molecule is CN(CCOc1ccccc1)Cc1ccccc1CN(CCO)S(=O)(=O)c1cccc2cccnc12. The minimum Gasteiger partial charge on any atom is -0.492 e. The van der Waals surface area contributed by atoms with Gasteiger partial charge in [0.2, 0.25) is 10.0 Å². The number of sulfonamides is 1. The first-order chi connectivity index (χ1) is 17.5. The second-order valence-corrected chi connectivity index (χ2v) is 10.5. The molecule has 3 aromatic carbocycles. The van der Waals surface area contributed by atoms with E-state index in [0.29, 0.717) is 25.2 Å². The highest BCUT2D eigenvalue weighted by atomic mass is 32.2. The van der Waals surface area contributed by atoms with E-state index in [1.165, 1.54) is 4.31 Å². The maximum atomic E-state index is 13.7. The normalized spacial score (nSPS) is 11.9. The zero-order chi connectivity index (χ0) is 25.4. The second kappa shape index (κ2) is 12.1. The molecule has 188 valence electrons. The molecule has 1 aromatic heterocycles. The number of rotatable bonds is 12. The van der Waals surface area contributed by atoms with E-state index >= 15 is 0 Å². The second-order valence-electron chi connectivity index (χ2n) is 8.56. The minimum absolute atomic E-state index is 0.0133. The van der Waals surface area contributed by atoms with Crippen LogP contribution >= 0.6 is 0 Å². The molecule has 0 saturated heterocycles. The molecular weight excluding hydrogens is 474 g/mol. The Labute approximate surface area is 212 Å². The van der Waals surface area contributed by atoms with Crippen molar-refractivity contribution >= 4 is 20.9 Å². The molecule has 0 atom stereocenters. The van der Waals surface area contributed by atoms with E-state index in [1.807, 2.05) is 73.8 Å². The van der Waals surface area contributed by atoms with Gasteiger partial charge < -0.3 is 9.84 Å². The molecule has 1 N–H and O–H groups in total. The van der Waals surface area contributed by atoms with E-state index in [9.17, 15) is 13.5 Å². The summed E-state index contributed by atoms with van der Waals surface area (Å²) >= 11 is 0. The number of pyridine rings is 1. The van der Waals surface area contributed by atoms with Gasteiger partial charge in [0.1, 0.15) is 17.3 Å². The van der Waals surface area contributed by atoms with E-state index < -0.39 is 10.0 Å². The lowest BCUT2D eigenvalue weighted by Gasteiger charge is -2.24. The molecule has 4 aromatic rings. The van der Waals surface area contributed by atoms with Crippen LogP contribution in [0.2, 0.25) is 0 Å². The number of fused-ring (bicyclic) bond motifs is 1. The summed E-state index contributed by atoms with van der Waals surface area (Å²) in [4.78, 5) is 6.60. The van der Waals surface area contributed by atoms with E-state index in [0.717, 1.165) is 22.3 Å². The molecule has 7 nitrogen and oxygen atoms in total. The maximum absolute atomic E-state index is 13.7. The van der Waals surface area contributed by atoms with Crippen molar-refractivity contribution in [1.82, 2.24) is 14.2 Å². The fourth-order valence-electron chi connectivity index (χ4n) is 4.08. The summed E-state index contributed by atoms with van der Waals surface area (Å²) in [5, 5.41) is 10.5. The summed E-state index contributed by atoms with van der Waals surface area (Å²) in [5.74, 6) is 0.832. The van der Waals surface area contributed by atoms with Crippen molar-refractivity contribution in [3.05, 3.63) is 102 Å². The maximum Gasteiger partial charge on any atom is 0.245 e. The largest absolute Gasteiger partial charge is 0.492 e. The third-order valence-corrected chi connectivity index (χ3v) is 7.83. The molecule has 0 aliphatic carbocycles. The standard InChI is InChI=1S/C28H31N3O4S/c1-30(18-20-35-26-13-3-2-4-14-26)21-24-9-5-6-10-25(24)22-31(17-19-32)36(33,34)27-15-7-11-23-12-8-16-29-28(23)27/h2-16,32H,17-22H2,1H3. The number of para-hydroxylation sites is 2. The Hall–Kier alpha value is -3.30. The molecule has 0 spiro atoms. The first-order valence-corrected chi connectivity index (χ1v) is 13.3. The van der Waals surface area contributed by atoms with Crippen LogP contribution in [-0.4, -0.2) is 61.1 Å². The lowest BCUT2D eigenvalue weighted by Crippen LogP contribution is -2.34. The summed E-state index contributed by atoms with van der Waals surface area (Å²) in [5.41, 5.74) is 2.34. The Bertz CT molecular complexity index is 1370. The minimum atomic E-state index is -3.90. The number of hydrogen-bond donors (Lipinski definition) is 1. The van der Waals surface area contributed by atoms with Crippen LogP contribution in [0.5, 0.6) is 5.75 Å². The van der Waals surface area contributed by atoms with Crippen LogP contribution in [0.3, 0.4) is 0 Å². The Morgan fingerprint density at radius 1 is 0.833 bits per heavy atom. The quantitative estimate of drug-likeness (QED) is 0.314. The Kier molecular flexibility index (Phi) is 8.66. The van der Waals surface area contributed by atoms with E-state index in [1.54, 1.807) is 24.4 Å². The summed E-state index contributed by atoms with van der Waals surface area (Å²) in [7, 11) is -1.89. The lowest BCUT2D eigenvalue weighted by molar-refractivity contribution is 0.231. The molecule has 8 heteroatoms. The van der Waals surface area contributed by atoms with E-state index in [4.69, 9.17) is 4.74 Å². The summed E-state index contributed by atoms with van der Waals surface area (Å²) < 4.78 is 34.5. The summed E-state index contributed by atoms with van der Waals surface area (Å²) in [6, 6.07) is 26.2. The Balaban J connectivity index is 1.50. The van der Waals surface area contributed by atoms with Gasteiger partial charge in [-0.1, -0.05) is 60.7 Å². The summed E-state index contributed by atoms with van der Waals surface area (Å²) in [6.07, 6.45) is 1.59. The van der Waals surface area contributed by atoms with Crippen molar-refractivity contribution in [3.8, 4) is 5.75 Å². The molecule has 0 bridgehead atoms. The van der Waals surface area contributed by atoms with Crippen molar-refractivity contribution in [2.75, 3.05) is 33.4 Å². The van der Waals surface area contributed by atoms with Gasteiger partial charge in [0, 0.05) is 37.8 Å². The van der Waals surface area contributed by atoms with Crippen molar-refractivity contribution in [3.63, 3.8) is 0 Å². The Morgan fingerprint density at radius 3 is 2.28 bits per heavy atom. The number of likely N-dealkylation sites (N-methyl/N-ethyl adjacent to an activating group) is 1. The zero-order valence-electron chi connectivity index (χ0n) is 20.3. The topological polar surface area (TPSA) is 83.0 Å². The molecule has 1 heterocycles.